The average molecular weight is 215 g/mol. The summed E-state index contributed by atoms with van der Waals surface area (Å²) in [6.45, 7) is 5.12. The van der Waals surface area contributed by atoms with E-state index in [9.17, 15) is 9.59 Å². The van der Waals surface area contributed by atoms with Crippen molar-refractivity contribution in [1.29, 1.82) is 0 Å². The molecule has 86 valence electrons. The number of rotatable bonds is 7. The maximum absolute atomic E-state index is 10.8. The Morgan fingerprint density at radius 3 is 2.47 bits per heavy atom. The summed E-state index contributed by atoms with van der Waals surface area (Å²) in [6.07, 6.45) is 1.36. The van der Waals surface area contributed by atoms with Gasteiger partial charge in [0.2, 0.25) is 5.91 Å². The Hall–Kier alpha value is -1.36. The molecule has 15 heavy (non-hydrogen) atoms. The van der Waals surface area contributed by atoms with E-state index in [1.807, 2.05) is 14.1 Å². The summed E-state index contributed by atoms with van der Waals surface area (Å²) in [5.41, 5.74) is 0. The number of carbonyl (C=O) groups is 2. The molecule has 0 heterocycles. The zero-order chi connectivity index (χ0) is 11.9. The van der Waals surface area contributed by atoms with Gasteiger partial charge in [-0.05, 0) is 6.08 Å². The summed E-state index contributed by atoms with van der Waals surface area (Å²) in [7, 11) is 3.87. The minimum absolute atomic E-state index is 0.141. The monoisotopic (exact) mass is 215 g/mol. The van der Waals surface area contributed by atoms with Crippen LogP contribution in [-0.2, 0) is 9.59 Å². The van der Waals surface area contributed by atoms with Gasteiger partial charge in [0.25, 0.3) is 0 Å². The maximum atomic E-state index is 10.8. The van der Waals surface area contributed by atoms with Gasteiger partial charge >= 0.3 is 5.97 Å². The van der Waals surface area contributed by atoms with Crippen LogP contribution in [0.3, 0.4) is 0 Å². The first-order valence-electron chi connectivity index (χ1n) is 4.81. The molecule has 0 atom stereocenters. The SMILES string of the molecule is C=CC(=O)NCC[N+](C)(C)CCC(=O)O. The van der Waals surface area contributed by atoms with E-state index in [-0.39, 0.29) is 12.3 Å². The highest BCUT2D eigenvalue weighted by molar-refractivity contribution is 5.86. The van der Waals surface area contributed by atoms with Crippen LogP contribution in [0.2, 0.25) is 0 Å². The molecule has 0 aliphatic heterocycles. The summed E-state index contributed by atoms with van der Waals surface area (Å²) >= 11 is 0. The Labute approximate surface area is 90.0 Å². The summed E-state index contributed by atoms with van der Waals surface area (Å²) in [6, 6.07) is 0. The van der Waals surface area contributed by atoms with Crippen LogP contribution in [0.4, 0.5) is 0 Å². The molecule has 5 nitrogen and oxygen atoms in total. The molecule has 0 bridgehead atoms. The van der Waals surface area contributed by atoms with Crippen molar-refractivity contribution in [2.45, 2.75) is 6.42 Å². The van der Waals surface area contributed by atoms with Crippen LogP contribution in [0.15, 0.2) is 12.7 Å². The van der Waals surface area contributed by atoms with E-state index in [2.05, 4.69) is 11.9 Å². The third-order valence-electron chi connectivity index (χ3n) is 2.13. The Morgan fingerprint density at radius 2 is 2.00 bits per heavy atom. The van der Waals surface area contributed by atoms with Gasteiger partial charge in [0.05, 0.1) is 40.2 Å². The zero-order valence-corrected chi connectivity index (χ0v) is 9.32. The first-order chi connectivity index (χ1) is 6.87. The van der Waals surface area contributed by atoms with E-state index >= 15 is 0 Å². The van der Waals surface area contributed by atoms with Crippen LogP contribution in [0, 0.1) is 0 Å². The molecule has 0 rings (SSSR count). The number of nitrogens with zero attached hydrogens (tertiary/aromatic N) is 1. The van der Waals surface area contributed by atoms with Crippen LogP contribution in [-0.4, -0.2) is 55.2 Å². The van der Waals surface area contributed by atoms with Crippen LogP contribution >= 0.6 is 0 Å². The molecule has 2 N–H and O–H groups in total. The molecule has 0 spiro atoms. The average Bonchev–Trinajstić information content (AvgIpc) is 2.14. The van der Waals surface area contributed by atoms with Gasteiger partial charge in [-0.2, -0.15) is 0 Å². The van der Waals surface area contributed by atoms with E-state index < -0.39 is 5.97 Å². The van der Waals surface area contributed by atoms with Crippen molar-refractivity contribution in [1.82, 2.24) is 5.32 Å². The highest BCUT2D eigenvalue weighted by atomic mass is 16.4. The minimum Gasteiger partial charge on any atom is -0.481 e. The topological polar surface area (TPSA) is 66.4 Å². The lowest BCUT2D eigenvalue weighted by atomic mass is 10.3. The van der Waals surface area contributed by atoms with Gasteiger partial charge in [0, 0.05) is 0 Å². The molecule has 0 aromatic rings. The highest BCUT2D eigenvalue weighted by Crippen LogP contribution is 1.98. The summed E-state index contributed by atoms with van der Waals surface area (Å²) in [5.74, 6) is -0.996. The molecule has 0 saturated heterocycles. The molecule has 0 unspecified atom stereocenters. The minimum atomic E-state index is -0.795. The second kappa shape index (κ2) is 6.19. The number of carboxylic acid groups (broad SMARTS) is 1. The smallest absolute Gasteiger partial charge is 0.309 e. The van der Waals surface area contributed by atoms with Crippen molar-refractivity contribution in [3.63, 3.8) is 0 Å². The molecular formula is C10H19N2O3+. The summed E-state index contributed by atoms with van der Waals surface area (Å²) < 4.78 is 0.573. The third kappa shape index (κ3) is 7.69. The number of quaternary nitrogens is 1. The van der Waals surface area contributed by atoms with Gasteiger partial charge in [-0.25, -0.2) is 0 Å². The van der Waals surface area contributed by atoms with Gasteiger partial charge in [0.15, 0.2) is 0 Å². The molecule has 0 fully saturated rings. The van der Waals surface area contributed by atoms with Crippen molar-refractivity contribution >= 4 is 11.9 Å². The first-order valence-corrected chi connectivity index (χ1v) is 4.81. The molecule has 1 amide bonds. The van der Waals surface area contributed by atoms with Gasteiger partial charge in [-0.3, -0.25) is 9.59 Å². The normalized spacial score (nSPS) is 10.8. The first kappa shape index (κ1) is 13.6. The fourth-order valence-corrected chi connectivity index (χ4v) is 1.06. The number of carboxylic acids is 1. The molecule has 0 aromatic heterocycles. The Bertz CT molecular complexity index is 249. The van der Waals surface area contributed by atoms with Gasteiger partial charge < -0.3 is 14.9 Å². The molecule has 0 saturated carbocycles. The Balaban J connectivity index is 3.77. The van der Waals surface area contributed by atoms with Gasteiger partial charge in [0.1, 0.15) is 0 Å². The van der Waals surface area contributed by atoms with Gasteiger partial charge in [-0.1, -0.05) is 6.58 Å². The third-order valence-corrected chi connectivity index (χ3v) is 2.13. The standard InChI is InChI=1S/C10H18N2O3/c1-4-9(13)11-6-8-12(2,3)7-5-10(14)15/h4H,1,5-8H2,2-3H3,(H-,11,13,14,15)/p+1. The molecule has 0 aromatic carbocycles. The molecule has 0 aliphatic carbocycles. The fraction of sp³-hybridized carbons (Fsp3) is 0.600. The van der Waals surface area contributed by atoms with Crippen LogP contribution in [0.25, 0.3) is 0 Å². The van der Waals surface area contributed by atoms with E-state index in [0.717, 1.165) is 0 Å². The largest absolute Gasteiger partial charge is 0.481 e. The number of hydrogen-bond acceptors (Lipinski definition) is 2. The predicted octanol–water partition coefficient (Wildman–Crippen LogP) is -0.160. The molecule has 0 radical (unpaired) electrons. The second-order valence-corrected chi connectivity index (χ2v) is 4.02. The number of hydrogen-bond donors (Lipinski definition) is 2. The Morgan fingerprint density at radius 1 is 1.40 bits per heavy atom. The quantitative estimate of drug-likeness (QED) is 0.458. The van der Waals surface area contributed by atoms with Crippen LogP contribution < -0.4 is 5.32 Å². The highest BCUT2D eigenvalue weighted by Gasteiger charge is 2.16. The maximum Gasteiger partial charge on any atom is 0.309 e. The van der Waals surface area contributed by atoms with E-state index in [0.29, 0.717) is 24.1 Å². The Kier molecular flexibility index (Phi) is 5.62. The summed E-state index contributed by atoms with van der Waals surface area (Å²) in [4.78, 5) is 21.2. The molecule has 0 aliphatic rings. The van der Waals surface area contributed by atoms with Crippen molar-refractivity contribution in [2.24, 2.45) is 0 Å². The number of likely N-dealkylation sites (N-methyl/N-ethyl adjacent to an activating group) is 1. The number of aliphatic carboxylic acids is 1. The van der Waals surface area contributed by atoms with Crippen LogP contribution in [0.1, 0.15) is 6.42 Å². The zero-order valence-electron chi connectivity index (χ0n) is 9.32. The van der Waals surface area contributed by atoms with Gasteiger partial charge in [-0.15, -0.1) is 0 Å². The van der Waals surface area contributed by atoms with E-state index in [1.165, 1.54) is 6.08 Å². The number of nitrogens with one attached hydrogen (secondary N) is 1. The summed E-state index contributed by atoms with van der Waals surface area (Å²) in [5, 5.41) is 11.2. The van der Waals surface area contributed by atoms with Crippen molar-refractivity contribution in [3.05, 3.63) is 12.7 Å². The number of amides is 1. The lowest BCUT2D eigenvalue weighted by Gasteiger charge is -2.29. The second-order valence-electron chi connectivity index (χ2n) is 4.02. The molecular weight excluding hydrogens is 196 g/mol. The molecule has 5 heteroatoms. The lowest BCUT2D eigenvalue weighted by molar-refractivity contribution is -0.888. The van der Waals surface area contributed by atoms with E-state index in [4.69, 9.17) is 5.11 Å². The van der Waals surface area contributed by atoms with Crippen molar-refractivity contribution < 1.29 is 19.2 Å². The van der Waals surface area contributed by atoms with Crippen molar-refractivity contribution in [3.8, 4) is 0 Å². The predicted molar refractivity (Wildman–Crippen MR) is 57.3 cm³/mol. The number of carbonyl (C=O) groups excluding carboxylic acids is 1. The van der Waals surface area contributed by atoms with E-state index in [1.54, 1.807) is 0 Å². The lowest BCUT2D eigenvalue weighted by Crippen LogP contribution is -2.46. The fourth-order valence-electron chi connectivity index (χ4n) is 1.06. The van der Waals surface area contributed by atoms with Crippen molar-refractivity contribution in [2.75, 3.05) is 33.7 Å². The van der Waals surface area contributed by atoms with Crippen LogP contribution in [0.5, 0.6) is 0 Å².